The van der Waals surface area contributed by atoms with Gasteiger partial charge in [-0.1, -0.05) is 19.3 Å². The normalized spacial score (nSPS) is 12.8. The summed E-state index contributed by atoms with van der Waals surface area (Å²) in [5.74, 6) is 0.786. The Kier molecular flexibility index (Phi) is 12.9. The van der Waals surface area contributed by atoms with Crippen molar-refractivity contribution in [1.82, 2.24) is 20.9 Å². The van der Waals surface area contributed by atoms with Crippen LogP contribution in [0.5, 0.6) is 0 Å². The molecule has 0 saturated heterocycles. The summed E-state index contributed by atoms with van der Waals surface area (Å²) in [5.41, 5.74) is -0.997. The zero-order valence-corrected chi connectivity index (χ0v) is 19.6. The molecule has 0 aromatic heterocycles. The van der Waals surface area contributed by atoms with Gasteiger partial charge in [0.2, 0.25) is 0 Å². The van der Waals surface area contributed by atoms with Crippen LogP contribution in [0, 0.1) is 0 Å². The molecule has 3 N–H and O–H groups in total. The van der Waals surface area contributed by atoms with Gasteiger partial charge in [0.25, 0.3) is 0 Å². The van der Waals surface area contributed by atoms with Gasteiger partial charge < -0.3 is 25.6 Å². The molecular formula is C21H45N5O2. The molecule has 0 fully saturated rings. The van der Waals surface area contributed by atoms with Gasteiger partial charge >= 0.3 is 6.09 Å². The fraction of sp³-hybridized carbons (Fsp3) is 0.905. The molecule has 0 radical (unpaired) electrons. The predicted octanol–water partition coefficient (Wildman–Crippen LogP) is 3.36. The average molecular weight is 400 g/mol. The number of rotatable bonds is 12. The lowest BCUT2D eigenvalue weighted by molar-refractivity contribution is 0.0476. The molecule has 0 aliphatic carbocycles. The molecule has 7 heteroatoms. The third-order valence-corrected chi connectivity index (χ3v) is 3.89. The van der Waals surface area contributed by atoms with E-state index in [0.717, 1.165) is 25.5 Å². The molecule has 166 valence electrons. The lowest BCUT2D eigenvalue weighted by Gasteiger charge is -2.27. The van der Waals surface area contributed by atoms with Gasteiger partial charge in [-0.2, -0.15) is 0 Å². The standard InChI is InChI=1S/C21H45N5O2/c1-9-22-18(23-15-13-11-10-12-14-16-26(7)8)24-17-21(5,6)25-19(27)28-20(2,3)4/h9-17H2,1-8H3,(H,25,27)(H2,22,23,24). The minimum Gasteiger partial charge on any atom is -0.444 e. The van der Waals surface area contributed by atoms with Crippen LogP contribution in [0.2, 0.25) is 0 Å². The van der Waals surface area contributed by atoms with Crippen molar-refractivity contribution in [3.05, 3.63) is 0 Å². The van der Waals surface area contributed by atoms with Gasteiger partial charge in [0, 0.05) is 13.1 Å². The minimum absolute atomic E-state index is 0.417. The van der Waals surface area contributed by atoms with Gasteiger partial charge in [-0.05, 0) is 75.0 Å². The van der Waals surface area contributed by atoms with E-state index in [4.69, 9.17) is 4.74 Å². The number of hydrogen-bond acceptors (Lipinski definition) is 4. The fourth-order valence-electron chi connectivity index (χ4n) is 2.53. The molecule has 0 aliphatic heterocycles. The number of aliphatic imine (C=N–C) groups is 1. The Labute approximate surface area is 173 Å². The molecule has 0 saturated carbocycles. The summed E-state index contributed by atoms with van der Waals surface area (Å²) in [6.45, 7) is 14.8. The molecule has 0 atom stereocenters. The number of ether oxygens (including phenoxy) is 1. The first-order chi connectivity index (χ1) is 12.9. The first kappa shape index (κ1) is 26.5. The van der Waals surface area contributed by atoms with Crippen LogP contribution in [0.3, 0.4) is 0 Å². The molecule has 0 heterocycles. The van der Waals surface area contributed by atoms with Crippen molar-refractivity contribution >= 4 is 12.1 Å². The van der Waals surface area contributed by atoms with E-state index in [2.05, 4.69) is 39.9 Å². The zero-order chi connectivity index (χ0) is 21.6. The summed E-state index contributed by atoms with van der Waals surface area (Å²) >= 11 is 0. The molecule has 0 spiro atoms. The Bertz CT molecular complexity index is 456. The first-order valence-electron chi connectivity index (χ1n) is 10.6. The summed E-state index contributed by atoms with van der Waals surface area (Å²) in [4.78, 5) is 18.8. The highest BCUT2D eigenvalue weighted by molar-refractivity contribution is 5.79. The lowest BCUT2D eigenvalue weighted by Crippen LogP contribution is -2.49. The molecule has 0 aromatic rings. The number of guanidine groups is 1. The maximum Gasteiger partial charge on any atom is 0.408 e. The van der Waals surface area contributed by atoms with Crippen LogP contribution in [-0.2, 0) is 4.74 Å². The smallest absolute Gasteiger partial charge is 0.408 e. The van der Waals surface area contributed by atoms with Crippen LogP contribution in [0.15, 0.2) is 4.99 Å². The highest BCUT2D eigenvalue weighted by atomic mass is 16.6. The Morgan fingerprint density at radius 2 is 1.57 bits per heavy atom. The van der Waals surface area contributed by atoms with Gasteiger partial charge in [0.15, 0.2) is 5.96 Å². The Balaban J connectivity index is 4.24. The maximum atomic E-state index is 12.0. The molecule has 0 rings (SSSR count). The predicted molar refractivity (Wildman–Crippen MR) is 119 cm³/mol. The van der Waals surface area contributed by atoms with Crippen molar-refractivity contribution in [2.45, 2.75) is 84.8 Å². The van der Waals surface area contributed by atoms with Gasteiger partial charge in [0.1, 0.15) is 5.60 Å². The van der Waals surface area contributed by atoms with Gasteiger partial charge in [-0.15, -0.1) is 0 Å². The van der Waals surface area contributed by atoms with Crippen LogP contribution < -0.4 is 16.0 Å². The van der Waals surface area contributed by atoms with E-state index < -0.39 is 17.2 Å². The van der Waals surface area contributed by atoms with Gasteiger partial charge in [0.05, 0.1) is 12.1 Å². The number of hydrogen-bond donors (Lipinski definition) is 3. The number of amides is 1. The third kappa shape index (κ3) is 16.7. The van der Waals surface area contributed by atoms with Crippen molar-refractivity contribution in [3.63, 3.8) is 0 Å². The third-order valence-electron chi connectivity index (χ3n) is 3.89. The highest BCUT2D eigenvalue weighted by Gasteiger charge is 2.24. The van der Waals surface area contributed by atoms with Crippen molar-refractivity contribution in [1.29, 1.82) is 0 Å². The Morgan fingerprint density at radius 3 is 2.14 bits per heavy atom. The quantitative estimate of drug-likeness (QED) is 0.266. The zero-order valence-electron chi connectivity index (χ0n) is 19.6. The molecule has 28 heavy (non-hydrogen) atoms. The number of alkyl carbamates (subject to hydrolysis) is 1. The second kappa shape index (κ2) is 13.6. The monoisotopic (exact) mass is 399 g/mol. The van der Waals surface area contributed by atoms with Crippen LogP contribution in [0.25, 0.3) is 0 Å². The number of carbonyl (C=O) groups is 1. The molecular weight excluding hydrogens is 354 g/mol. The molecule has 1 amide bonds. The summed E-state index contributed by atoms with van der Waals surface area (Å²) in [6.07, 6.45) is 5.77. The first-order valence-corrected chi connectivity index (χ1v) is 10.6. The summed E-state index contributed by atoms with van der Waals surface area (Å²) in [7, 11) is 4.24. The lowest BCUT2D eigenvalue weighted by atomic mass is 10.1. The molecule has 7 nitrogen and oxygen atoms in total. The van der Waals surface area contributed by atoms with Gasteiger partial charge in [-0.3, -0.25) is 4.99 Å². The van der Waals surface area contributed by atoms with E-state index in [9.17, 15) is 4.79 Å². The molecule has 0 aromatic carbocycles. The van der Waals surface area contributed by atoms with E-state index in [1.54, 1.807) is 0 Å². The SMILES string of the molecule is CCNC(=NCC(C)(C)NC(=O)OC(C)(C)C)NCCCCCCCN(C)C. The van der Waals surface area contributed by atoms with E-state index in [-0.39, 0.29) is 0 Å². The molecule has 0 bridgehead atoms. The second-order valence-corrected chi connectivity index (χ2v) is 9.20. The van der Waals surface area contributed by atoms with Crippen LogP contribution in [0.1, 0.15) is 73.6 Å². The number of unbranched alkanes of at least 4 members (excludes halogenated alkanes) is 4. The van der Waals surface area contributed by atoms with Crippen LogP contribution in [-0.4, -0.2) is 68.4 Å². The second-order valence-electron chi connectivity index (χ2n) is 9.20. The van der Waals surface area contributed by atoms with E-state index in [1.807, 2.05) is 41.5 Å². The number of carbonyl (C=O) groups excluding carboxylic acids is 1. The number of nitrogens with one attached hydrogen (secondary N) is 3. The largest absolute Gasteiger partial charge is 0.444 e. The summed E-state index contributed by atoms with van der Waals surface area (Å²) < 4.78 is 5.33. The number of nitrogens with zero attached hydrogens (tertiary/aromatic N) is 2. The summed E-state index contributed by atoms with van der Waals surface area (Å²) in [5, 5.41) is 9.53. The fourth-order valence-corrected chi connectivity index (χ4v) is 2.53. The topological polar surface area (TPSA) is 78.0 Å². The van der Waals surface area contributed by atoms with Crippen molar-refractivity contribution in [2.75, 3.05) is 40.3 Å². The minimum atomic E-state index is -0.508. The van der Waals surface area contributed by atoms with Crippen LogP contribution >= 0.6 is 0 Å². The average Bonchev–Trinajstić information content (AvgIpc) is 2.52. The molecule has 0 aliphatic rings. The van der Waals surface area contributed by atoms with Crippen LogP contribution in [0.4, 0.5) is 4.79 Å². The van der Waals surface area contributed by atoms with Gasteiger partial charge in [-0.25, -0.2) is 4.79 Å². The van der Waals surface area contributed by atoms with E-state index >= 15 is 0 Å². The molecule has 0 unspecified atom stereocenters. The van der Waals surface area contributed by atoms with E-state index in [0.29, 0.717) is 6.54 Å². The van der Waals surface area contributed by atoms with Crippen molar-refractivity contribution in [2.24, 2.45) is 4.99 Å². The van der Waals surface area contributed by atoms with E-state index in [1.165, 1.54) is 32.2 Å². The Hall–Kier alpha value is -1.50. The van der Waals surface area contributed by atoms with Crippen molar-refractivity contribution < 1.29 is 9.53 Å². The van der Waals surface area contributed by atoms with Crippen molar-refractivity contribution in [3.8, 4) is 0 Å². The highest BCUT2D eigenvalue weighted by Crippen LogP contribution is 2.10. The summed E-state index contributed by atoms with van der Waals surface area (Å²) in [6, 6.07) is 0. The maximum absolute atomic E-state index is 12.0. The Morgan fingerprint density at radius 1 is 0.964 bits per heavy atom.